The molecule has 1 aromatic heterocycles. The Kier molecular flexibility index (Phi) is 14.5. The van der Waals surface area contributed by atoms with Crippen molar-refractivity contribution in [2.24, 2.45) is 0 Å². The van der Waals surface area contributed by atoms with Gasteiger partial charge in [-0.2, -0.15) is 0 Å². The second-order valence-corrected chi connectivity index (χ2v) is 1.55. The highest BCUT2D eigenvalue weighted by molar-refractivity contribution is 4.96. The number of hydrogen-bond donors (Lipinski definition) is 0. The van der Waals surface area contributed by atoms with Gasteiger partial charge in [-0.25, -0.2) is 9.97 Å². The molecule has 0 saturated carbocycles. The van der Waals surface area contributed by atoms with Crippen LogP contribution in [0, 0.1) is 0 Å². The lowest BCUT2D eigenvalue weighted by atomic mass is 10.3. The van der Waals surface area contributed by atoms with E-state index in [9.17, 15) is 0 Å². The second kappa shape index (κ2) is 12.7. The highest BCUT2D eigenvalue weighted by Gasteiger charge is 1.82. The minimum absolute atomic E-state index is 0.989. The lowest BCUT2D eigenvalue weighted by Gasteiger charge is -1.88. The van der Waals surface area contributed by atoms with Crippen molar-refractivity contribution in [3.05, 3.63) is 24.3 Å². The van der Waals surface area contributed by atoms with Gasteiger partial charge in [0.1, 0.15) is 6.33 Å². The van der Waals surface area contributed by atoms with E-state index in [0.717, 1.165) is 12.1 Å². The zero-order chi connectivity index (χ0) is 9.82. The summed E-state index contributed by atoms with van der Waals surface area (Å²) in [4.78, 5) is 7.77. The van der Waals surface area contributed by atoms with Gasteiger partial charge in [-0.1, -0.05) is 34.6 Å². The van der Waals surface area contributed by atoms with Crippen LogP contribution in [0.15, 0.2) is 18.6 Å². The van der Waals surface area contributed by atoms with Gasteiger partial charge in [-0.05, 0) is 12.5 Å². The molecule has 0 N–H and O–H groups in total. The SMILES string of the molecule is CC.CC.CCc1ccncn1. The quantitative estimate of drug-likeness (QED) is 0.644. The Morgan fingerprint density at radius 1 is 1.17 bits per heavy atom. The summed E-state index contributed by atoms with van der Waals surface area (Å²) in [6, 6.07) is 1.92. The van der Waals surface area contributed by atoms with E-state index >= 15 is 0 Å². The Bertz CT molecular complexity index is 149. The zero-order valence-electron chi connectivity index (χ0n) is 8.83. The van der Waals surface area contributed by atoms with Gasteiger partial charge in [0.2, 0.25) is 0 Å². The van der Waals surface area contributed by atoms with E-state index in [4.69, 9.17) is 0 Å². The van der Waals surface area contributed by atoms with Crippen LogP contribution in [0.25, 0.3) is 0 Å². The summed E-state index contributed by atoms with van der Waals surface area (Å²) in [6.07, 6.45) is 4.31. The van der Waals surface area contributed by atoms with Gasteiger partial charge in [-0.15, -0.1) is 0 Å². The van der Waals surface area contributed by atoms with Crippen LogP contribution < -0.4 is 0 Å². The van der Waals surface area contributed by atoms with Crippen molar-refractivity contribution in [1.29, 1.82) is 0 Å². The molecule has 0 spiro atoms. The molecule has 12 heavy (non-hydrogen) atoms. The largest absolute Gasteiger partial charge is 0.245 e. The molecule has 1 aromatic rings. The Labute approximate surface area is 76.1 Å². The molecular weight excluding hydrogens is 148 g/mol. The average Bonchev–Trinajstić information content (AvgIpc) is 2.25. The average molecular weight is 168 g/mol. The second-order valence-electron chi connectivity index (χ2n) is 1.55. The molecule has 0 radical (unpaired) electrons. The van der Waals surface area contributed by atoms with E-state index in [0.29, 0.717) is 0 Å². The van der Waals surface area contributed by atoms with Gasteiger partial charge in [0.15, 0.2) is 0 Å². The molecule has 0 aliphatic rings. The maximum absolute atomic E-state index is 3.99. The lowest BCUT2D eigenvalue weighted by Crippen LogP contribution is -1.84. The van der Waals surface area contributed by atoms with Crippen molar-refractivity contribution in [2.45, 2.75) is 41.0 Å². The topological polar surface area (TPSA) is 25.8 Å². The summed E-state index contributed by atoms with van der Waals surface area (Å²) in [7, 11) is 0. The third-order valence-electron chi connectivity index (χ3n) is 1.01. The van der Waals surface area contributed by atoms with E-state index in [1.165, 1.54) is 0 Å². The van der Waals surface area contributed by atoms with Gasteiger partial charge < -0.3 is 0 Å². The molecular formula is C10H20N2. The minimum Gasteiger partial charge on any atom is -0.245 e. The van der Waals surface area contributed by atoms with Crippen molar-refractivity contribution >= 4 is 0 Å². The molecule has 0 atom stereocenters. The first-order valence-electron chi connectivity index (χ1n) is 4.68. The Hall–Kier alpha value is -0.920. The van der Waals surface area contributed by atoms with E-state index in [2.05, 4.69) is 16.9 Å². The molecule has 0 aliphatic heterocycles. The monoisotopic (exact) mass is 168 g/mol. The zero-order valence-corrected chi connectivity index (χ0v) is 8.83. The number of hydrogen-bond acceptors (Lipinski definition) is 2. The van der Waals surface area contributed by atoms with Crippen molar-refractivity contribution in [2.75, 3.05) is 0 Å². The molecule has 2 heteroatoms. The van der Waals surface area contributed by atoms with Crippen molar-refractivity contribution < 1.29 is 0 Å². The highest BCUT2D eigenvalue weighted by Crippen LogP contribution is 1.88. The number of nitrogens with zero attached hydrogens (tertiary/aromatic N) is 2. The van der Waals surface area contributed by atoms with Crippen LogP contribution in [0.2, 0.25) is 0 Å². The van der Waals surface area contributed by atoms with Crippen molar-refractivity contribution in [3.8, 4) is 0 Å². The summed E-state index contributed by atoms with van der Waals surface area (Å²) in [5.41, 5.74) is 1.10. The van der Waals surface area contributed by atoms with Crippen LogP contribution in [-0.2, 0) is 6.42 Å². The predicted octanol–water partition coefficient (Wildman–Crippen LogP) is 3.09. The molecule has 0 aromatic carbocycles. The Morgan fingerprint density at radius 3 is 2.00 bits per heavy atom. The summed E-state index contributed by atoms with van der Waals surface area (Å²) in [5, 5.41) is 0. The van der Waals surface area contributed by atoms with Crippen LogP contribution in [-0.4, -0.2) is 9.97 Å². The van der Waals surface area contributed by atoms with Gasteiger partial charge in [0, 0.05) is 11.9 Å². The van der Waals surface area contributed by atoms with E-state index in [1.54, 1.807) is 12.5 Å². The van der Waals surface area contributed by atoms with E-state index in [-0.39, 0.29) is 0 Å². The smallest absolute Gasteiger partial charge is 0.115 e. The lowest BCUT2D eigenvalue weighted by molar-refractivity contribution is 0.998. The van der Waals surface area contributed by atoms with Crippen LogP contribution in [0.5, 0.6) is 0 Å². The number of aryl methyl sites for hydroxylation is 1. The Morgan fingerprint density at radius 2 is 1.75 bits per heavy atom. The van der Waals surface area contributed by atoms with E-state index in [1.807, 2.05) is 33.8 Å². The molecule has 0 amide bonds. The fourth-order valence-electron chi connectivity index (χ4n) is 0.527. The fourth-order valence-corrected chi connectivity index (χ4v) is 0.527. The van der Waals surface area contributed by atoms with Crippen LogP contribution in [0.4, 0.5) is 0 Å². The molecule has 0 aliphatic carbocycles. The van der Waals surface area contributed by atoms with Gasteiger partial charge in [-0.3, -0.25) is 0 Å². The number of rotatable bonds is 1. The number of aromatic nitrogens is 2. The third kappa shape index (κ3) is 7.19. The molecule has 2 nitrogen and oxygen atoms in total. The minimum atomic E-state index is 0.989. The molecule has 0 bridgehead atoms. The summed E-state index contributed by atoms with van der Waals surface area (Å²) >= 11 is 0. The fraction of sp³-hybridized carbons (Fsp3) is 0.600. The molecule has 0 saturated heterocycles. The summed E-state index contributed by atoms with van der Waals surface area (Å²) < 4.78 is 0. The van der Waals surface area contributed by atoms with Crippen LogP contribution in [0.3, 0.4) is 0 Å². The summed E-state index contributed by atoms with van der Waals surface area (Å²) in [6.45, 7) is 10.1. The van der Waals surface area contributed by atoms with Gasteiger partial charge in [0.05, 0.1) is 0 Å². The third-order valence-corrected chi connectivity index (χ3v) is 1.01. The molecule has 1 rings (SSSR count). The standard InChI is InChI=1S/C6H8N2.2C2H6/c1-2-6-3-4-7-5-8-6;2*1-2/h3-5H,2H2,1H3;2*1-2H3. The maximum atomic E-state index is 3.99. The predicted molar refractivity (Wildman–Crippen MR) is 54.1 cm³/mol. The van der Waals surface area contributed by atoms with Crippen molar-refractivity contribution in [3.63, 3.8) is 0 Å². The molecule has 1 heterocycles. The first-order valence-corrected chi connectivity index (χ1v) is 4.68. The maximum Gasteiger partial charge on any atom is 0.115 e. The van der Waals surface area contributed by atoms with Gasteiger partial charge >= 0.3 is 0 Å². The normalized spacial score (nSPS) is 7.08. The summed E-state index contributed by atoms with van der Waals surface area (Å²) in [5.74, 6) is 0. The molecule has 0 fully saturated rings. The highest BCUT2D eigenvalue weighted by atomic mass is 14.8. The molecule has 0 unspecified atom stereocenters. The van der Waals surface area contributed by atoms with Crippen LogP contribution in [0.1, 0.15) is 40.3 Å². The first-order chi connectivity index (χ1) is 5.93. The Balaban J connectivity index is 0. The van der Waals surface area contributed by atoms with Gasteiger partial charge in [0.25, 0.3) is 0 Å². The van der Waals surface area contributed by atoms with Crippen molar-refractivity contribution in [1.82, 2.24) is 9.97 Å². The van der Waals surface area contributed by atoms with E-state index < -0.39 is 0 Å². The van der Waals surface area contributed by atoms with Crippen LogP contribution >= 0.6 is 0 Å². The molecule has 70 valence electrons. The first kappa shape index (κ1) is 13.7.